The van der Waals surface area contributed by atoms with Crippen LogP contribution in [0.1, 0.15) is 0 Å². The highest BCUT2D eigenvalue weighted by atomic mass is 16.3. The summed E-state index contributed by atoms with van der Waals surface area (Å²) in [7, 11) is 0. The van der Waals surface area contributed by atoms with Gasteiger partial charge in [0.2, 0.25) is 0 Å². The molecule has 2 N–H and O–H groups in total. The number of hydrogen-bond donors (Lipinski definition) is 2. The van der Waals surface area contributed by atoms with Crippen LogP contribution in [0.25, 0.3) is 44.3 Å². The molecule has 160 valence electrons. The largest absolute Gasteiger partial charge is 0.507 e. The van der Waals surface area contributed by atoms with Crippen LogP contribution in [0.3, 0.4) is 0 Å². The van der Waals surface area contributed by atoms with Gasteiger partial charge in [-0.25, -0.2) is 9.36 Å². The third-order valence-corrected chi connectivity index (χ3v) is 5.72. The summed E-state index contributed by atoms with van der Waals surface area (Å²) in [5.74, 6) is 0.296. The van der Waals surface area contributed by atoms with Gasteiger partial charge in [0.1, 0.15) is 29.2 Å². The van der Waals surface area contributed by atoms with E-state index in [-0.39, 0.29) is 18.2 Å². The van der Waals surface area contributed by atoms with E-state index in [0.29, 0.717) is 22.2 Å². The molecule has 0 aliphatic carbocycles. The Balaban J connectivity index is 1.46. The van der Waals surface area contributed by atoms with Gasteiger partial charge in [-0.2, -0.15) is 0 Å². The summed E-state index contributed by atoms with van der Waals surface area (Å²) in [6, 6.07) is 26.1. The van der Waals surface area contributed by atoms with Crippen LogP contribution < -0.4 is 0 Å². The van der Waals surface area contributed by atoms with Gasteiger partial charge >= 0.3 is 0 Å². The molecule has 0 saturated carbocycles. The topological polar surface area (TPSA) is 102 Å². The molecule has 0 atom stereocenters. The SMILES string of the molecule is Oc1ccc2c(nnn2Cn2nnc3c(-c4ccccc4)c(O)ccc32)c1-c1ccccc1. The molecular formula is C25H18N6O2. The minimum atomic E-state index is 0.148. The summed E-state index contributed by atoms with van der Waals surface area (Å²) in [6.07, 6.45) is 0. The Morgan fingerprint density at radius 3 is 1.39 bits per heavy atom. The first kappa shape index (κ1) is 19.0. The molecule has 0 saturated heterocycles. The van der Waals surface area contributed by atoms with E-state index in [1.807, 2.05) is 60.7 Å². The van der Waals surface area contributed by atoms with Crippen LogP contribution >= 0.6 is 0 Å². The fourth-order valence-electron chi connectivity index (χ4n) is 4.17. The maximum atomic E-state index is 10.5. The zero-order valence-corrected chi connectivity index (χ0v) is 17.4. The molecule has 0 unspecified atom stereocenters. The molecule has 2 heterocycles. The van der Waals surface area contributed by atoms with Gasteiger partial charge in [-0.05, 0) is 35.4 Å². The zero-order chi connectivity index (χ0) is 22.4. The summed E-state index contributed by atoms with van der Waals surface area (Å²) in [6.45, 7) is 0.269. The second-order valence-corrected chi connectivity index (χ2v) is 7.71. The molecule has 33 heavy (non-hydrogen) atoms. The van der Waals surface area contributed by atoms with Crippen molar-refractivity contribution in [1.29, 1.82) is 0 Å². The number of aromatic nitrogens is 6. The summed E-state index contributed by atoms with van der Waals surface area (Å²) in [5.41, 5.74) is 5.73. The van der Waals surface area contributed by atoms with E-state index in [4.69, 9.17) is 0 Å². The average molecular weight is 434 g/mol. The van der Waals surface area contributed by atoms with Crippen molar-refractivity contribution in [3.63, 3.8) is 0 Å². The maximum absolute atomic E-state index is 10.5. The van der Waals surface area contributed by atoms with E-state index < -0.39 is 0 Å². The van der Waals surface area contributed by atoms with Crippen LogP contribution in [-0.2, 0) is 6.67 Å². The van der Waals surface area contributed by atoms with Crippen molar-refractivity contribution >= 4 is 22.1 Å². The lowest BCUT2D eigenvalue weighted by molar-refractivity contribution is 0.477. The highest BCUT2D eigenvalue weighted by molar-refractivity contribution is 5.96. The Hall–Kier alpha value is -4.72. The first-order chi connectivity index (χ1) is 16.2. The minimum absolute atomic E-state index is 0.148. The van der Waals surface area contributed by atoms with E-state index in [1.165, 1.54) is 0 Å². The molecule has 4 aromatic carbocycles. The predicted octanol–water partition coefficient (Wildman–Crippen LogP) is 4.43. The van der Waals surface area contributed by atoms with Crippen LogP contribution in [0.15, 0.2) is 84.9 Å². The molecule has 0 amide bonds. The number of hydrogen-bond acceptors (Lipinski definition) is 6. The molecule has 2 aromatic heterocycles. The van der Waals surface area contributed by atoms with Gasteiger partial charge in [-0.15, -0.1) is 10.2 Å². The Morgan fingerprint density at radius 1 is 0.545 bits per heavy atom. The lowest BCUT2D eigenvalue weighted by Crippen LogP contribution is -2.11. The standard InChI is InChI=1S/C25H18N6O2/c32-20-13-11-18-24(22(20)16-7-3-1-4-8-16)26-28-30(18)15-31-19-12-14-21(33)23(25(19)27-29-31)17-9-5-2-6-10-17/h1-14,32-33H,15H2. The smallest absolute Gasteiger partial charge is 0.138 e. The summed E-state index contributed by atoms with van der Waals surface area (Å²) in [4.78, 5) is 0. The van der Waals surface area contributed by atoms with Gasteiger partial charge in [0.25, 0.3) is 0 Å². The van der Waals surface area contributed by atoms with Crippen molar-refractivity contribution in [2.45, 2.75) is 6.67 Å². The fourth-order valence-corrected chi connectivity index (χ4v) is 4.17. The van der Waals surface area contributed by atoms with Gasteiger partial charge in [0, 0.05) is 0 Å². The van der Waals surface area contributed by atoms with Crippen molar-refractivity contribution in [3.8, 4) is 33.8 Å². The maximum Gasteiger partial charge on any atom is 0.138 e. The quantitative estimate of drug-likeness (QED) is 0.426. The minimum Gasteiger partial charge on any atom is -0.507 e. The predicted molar refractivity (Wildman–Crippen MR) is 125 cm³/mol. The Kier molecular flexibility index (Phi) is 4.29. The number of fused-ring (bicyclic) bond motifs is 2. The number of aromatic hydroxyl groups is 2. The summed E-state index contributed by atoms with van der Waals surface area (Å²) >= 11 is 0. The van der Waals surface area contributed by atoms with Crippen LogP contribution in [0, 0.1) is 0 Å². The van der Waals surface area contributed by atoms with Gasteiger partial charge in [-0.1, -0.05) is 71.1 Å². The normalized spacial score (nSPS) is 11.4. The monoisotopic (exact) mass is 434 g/mol. The average Bonchev–Trinajstić information content (AvgIpc) is 3.44. The van der Waals surface area contributed by atoms with Crippen LogP contribution in [0.4, 0.5) is 0 Å². The number of benzene rings is 4. The molecule has 6 rings (SSSR count). The van der Waals surface area contributed by atoms with E-state index in [1.54, 1.807) is 33.6 Å². The lowest BCUT2D eigenvalue weighted by Gasteiger charge is -2.08. The van der Waals surface area contributed by atoms with Gasteiger partial charge in [-0.3, -0.25) is 0 Å². The van der Waals surface area contributed by atoms with Gasteiger partial charge in [0.15, 0.2) is 0 Å². The Morgan fingerprint density at radius 2 is 0.970 bits per heavy atom. The Labute approximate surface area is 188 Å². The summed E-state index contributed by atoms with van der Waals surface area (Å²) in [5, 5.41) is 38.3. The first-order valence-corrected chi connectivity index (χ1v) is 10.4. The zero-order valence-electron chi connectivity index (χ0n) is 17.4. The van der Waals surface area contributed by atoms with Crippen LogP contribution in [0.5, 0.6) is 11.5 Å². The first-order valence-electron chi connectivity index (χ1n) is 10.4. The van der Waals surface area contributed by atoms with E-state index in [9.17, 15) is 10.2 Å². The summed E-state index contributed by atoms with van der Waals surface area (Å²) < 4.78 is 3.43. The van der Waals surface area contributed by atoms with Gasteiger partial charge < -0.3 is 10.2 Å². The third kappa shape index (κ3) is 3.08. The molecule has 0 spiro atoms. The highest BCUT2D eigenvalue weighted by Gasteiger charge is 2.18. The van der Waals surface area contributed by atoms with Crippen molar-refractivity contribution in [2.24, 2.45) is 0 Å². The van der Waals surface area contributed by atoms with Crippen molar-refractivity contribution in [2.75, 3.05) is 0 Å². The van der Waals surface area contributed by atoms with Crippen molar-refractivity contribution in [1.82, 2.24) is 30.0 Å². The second kappa shape index (κ2) is 7.45. The highest BCUT2D eigenvalue weighted by Crippen LogP contribution is 2.36. The molecule has 0 aliphatic heterocycles. The number of phenolic OH excluding ortho intramolecular Hbond substituents is 2. The second-order valence-electron chi connectivity index (χ2n) is 7.71. The van der Waals surface area contributed by atoms with Crippen LogP contribution in [0.2, 0.25) is 0 Å². The number of rotatable bonds is 4. The molecule has 8 heteroatoms. The fraction of sp³-hybridized carbons (Fsp3) is 0.0400. The molecule has 8 nitrogen and oxygen atoms in total. The molecule has 6 aromatic rings. The van der Waals surface area contributed by atoms with Gasteiger partial charge in [0.05, 0.1) is 22.2 Å². The Bertz CT molecular complexity index is 1490. The van der Waals surface area contributed by atoms with E-state index in [2.05, 4.69) is 20.6 Å². The molecule has 0 aliphatic rings. The molecule has 0 radical (unpaired) electrons. The molecule has 0 bridgehead atoms. The number of phenols is 2. The third-order valence-electron chi connectivity index (χ3n) is 5.72. The van der Waals surface area contributed by atoms with E-state index in [0.717, 1.165) is 22.2 Å². The lowest BCUT2D eigenvalue weighted by atomic mass is 10.0. The van der Waals surface area contributed by atoms with Crippen molar-refractivity contribution in [3.05, 3.63) is 84.9 Å². The molecule has 0 fully saturated rings. The van der Waals surface area contributed by atoms with E-state index >= 15 is 0 Å². The van der Waals surface area contributed by atoms with Crippen LogP contribution in [-0.4, -0.2) is 40.2 Å². The molecular weight excluding hydrogens is 416 g/mol. The van der Waals surface area contributed by atoms with Crippen molar-refractivity contribution < 1.29 is 10.2 Å². The number of nitrogens with zero attached hydrogens (tertiary/aromatic N) is 6.